The summed E-state index contributed by atoms with van der Waals surface area (Å²) in [5.74, 6) is -1.41. The van der Waals surface area contributed by atoms with Crippen LogP contribution >= 0.6 is 0 Å². The van der Waals surface area contributed by atoms with Crippen molar-refractivity contribution in [3.63, 3.8) is 0 Å². The van der Waals surface area contributed by atoms with Crippen molar-refractivity contribution in [2.45, 2.75) is 13.0 Å². The Hall–Kier alpha value is -3.74. The number of nitrogens with zero attached hydrogens (tertiary/aromatic N) is 2. The van der Waals surface area contributed by atoms with Crippen LogP contribution in [0.15, 0.2) is 60.8 Å². The van der Waals surface area contributed by atoms with Gasteiger partial charge >= 0.3 is 5.97 Å². The molecule has 1 N–H and O–H groups in total. The Kier molecular flexibility index (Phi) is 4.49. The number of benzene rings is 2. The van der Waals surface area contributed by atoms with Gasteiger partial charge in [-0.25, -0.2) is 4.79 Å². The largest absolute Gasteiger partial charge is 0.449 e. The molecular weight excluding hydrogens is 358 g/mol. The standard InChI is InChI=1S/C21H17N3O4/c1-13(20(26)24-12-18(25)23-16-9-2-3-10-17(16)24)28-21(27)15-8-4-6-14-7-5-11-22-19(14)15/h2-11,13H,12H2,1H3,(H,23,25)/t13-/m1/s1. The topological polar surface area (TPSA) is 88.6 Å². The van der Waals surface area contributed by atoms with E-state index in [-0.39, 0.29) is 18.0 Å². The minimum Gasteiger partial charge on any atom is -0.449 e. The first kappa shape index (κ1) is 17.7. The summed E-state index contributed by atoms with van der Waals surface area (Å²) in [6.07, 6.45) is 0.530. The summed E-state index contributed by atoms with van der Waals surface area (Å²) >= 11 is 0. The molecule has 0 saturated heterocycles. The SMILES string of the molecule is C[C@@H](OC(=O)c1cccc2cccnc12)C(=O)N1CC(=O)Nc2ccccc21. The summed E-state index contributed by atoms with van der Waals surface area (Å²) in [7, 11) is 0. The third kappa shape index (κ3) is 3.18. The monoisotopic (exact) mass is 375 g/mol. The average molecular weight is 375 g/mol. The molecule has 1 atom stereocenters. The molecule has 140 valence electrons. The number of ether oxygens (including phenoxy) is 1. The molecule has 28 heavy (non-hydrogen) atoms. The first-order valence-electron chi connectivity index (χ1n) is 8.79. The molecule has 0 bridgehead atoms. The van der Waals surface area contributed by atoms with Crippen molar-refractivity contribution >= 4 is 40.1 Å². The van der Waals surface area contributed by atoms with Crippen molar-refractivity contribution in [1.82, 2.24) is 4.98 Å². The molecular formula is C21H17N3O4. The third-order valence-electron chi connectivity index (χ3n) is 4.52. The second-order valence-corrected chi connectivity index (χ2v) is 6.42. The zero-order valence-electron chi connectivity index (χ0n) is 15.1. The van der Waals surface area contributed by atoms with Crippen LogP contribution in [0, 0.1) is 0 Å². The van der Waals surface area contributed by atoms with Crippen LogP contribution in [0.5, 0.6) is 0 Å². The van der Waals surface area contributed by atoms with E-state index in [1.807, 2.05) is 12.1 Å². The summed E-state index contributed by atoms with van der Waals surface area (Å²) in [6.45, 7) is 1.36. The van der Waals surface area contributed by atoms with Gasteiger partial charge in [-0.15, -0.1) is 0 Å². The zero-order valence-corrected chi connectivity index (χ0v) is 15.1. The predicted octanol–water partition coefficient (Wildman–Crippen LogP) is 2.77. The molecule has 2 heterocycles. The lowest BCUT2D eigenvalue weighted by atomic mass is 10.1. The maximum Gasteiger partial charge on any atom is 0.341 e. The number of amides is 2. The summed E-state index contributed by atoms with van der Waals surface area (Å²) in [4.78, 5) is 43.0. The molecule has 7 heteroatoms. The number of esters is 1. The smallest absolute Gasteiger partial charge is 0.341 e. The second kappa shape index (κ2) is 7.11. The van der Waals surface area contributed by atoms with Crippen molar-refractivity contribution < 1.29 is 19.1 Å². The van der Waals surface area contributed by atoms with Crippen molar-refractivity contribution in [3.8, 4) is 0 Å². The van der Waals surface area contributed by atoms with E-state index in [0.717, 1.165) is 5.39 Å². The first-order chi connectivity index (χ1) is 13.5. The number of aromatic nitrogens is 1. The van der Waals surface area contributed by atoms with Gasteiger partial charge in [-0.05, 0) is 31.2 Å². The van der Waals surface area contributed by atoms with Crippen molar-refractivity contribution in [1.29, 1.82) is 0 Å². The highest BCUT2D eigenvalue weighted by Gasteiger charge is 2.31. The minimum atomic E-state index is -1.06. The van der Waals surface area contributed by atoms with E-state index in [1.165, 1.54) is 11.8 Å². The number of rotatable bonds is 3. The molecule has 0 unspecified atom stereocenters. The molecule has 0 radical (unpaired) electrons. The predicted molar refractivity (Wildman–Crippen MR) is 104 cm³/mol. The van der Waals surface area contributed by atoms with Crippen LogP contribution in [-0.2, 0) is 14.3 Å². The molecule has 1 aromatic heterocycles. The molecule has 0 aliphatic carbocycles. The number of anilines is 2. The number of hydrogen-bond donors (Lipinski definition) is 1. The van der Waals surface area contributed by atoms with E-state index in [0.29, 0.717) is 16.9 Å². The molecule has 0 saturated carbocycles. The van der Waals surface area contributed by atoms with Gasteiger partial charge in [-0.1, -0.05) is 30.3 Å². The van der Waals surface area contributed by atoms with E-state index in [1.54, 1.807) is 48.7 Å². The van der Waals surface area contributed by atoms with E-state index in [9.17, 15) is 14.4 Å². The van der Waals surface area contributed by atoms with E-state index in [4.69, 9.17) is 4.74 Å². The number of nitrogens with one attached hydrogen (secondary N) is 1. The molecule has 0 spiro atoms. The number of carbonyl (C=O) groups excluding carboxylic acids is 3. The number of carbonyl (C=O) groups is 3. The van der Waals surface area contributed by atoms with Crippen LogP contribution in [0.4, 0.5) is 11.4 Å². The fraction of sp³-hybridized carbons (Fsp3) is 0.143. The lowest BCUT2D eigenvalue weighted by molar-refractivity contribution is -0.128. The Bertz CT molecular complexity index is 1090. The molecule has 0 fully saturated rings. The summed E-state index contributed by atoms with van der Waals surface area (Å²) < 4.78 is 5.41. The molecule has 1 aliphatic rings. The van der Waals surface area contributed by atoms with Gasteiger partial charge in [0.25, 0.3) is 5.91 Å². The Morgan fingerprint density at radius 1 is 1.11 bits per heavy atom. The van der Waals surface area contributed by atoms with Crippen LogP contribution in [0.25, 0.3) is 10.9 Å². The Morgan fingerprint density at radius 3 is 2.75 bits per heavy atom. The Morgan fingerprint density at radius 2 is 1.89 bits per heavy atom. The lowest BCUT2D eigenvalue weighted by Gasteiger charge is -2.30. The first-order valence-corrected chi connectivity index (χ1v) is 8.79. The quantitative estimate of drug-likeness (QED) is 0.711. The van der Waals surface area contributed by atoms with Gasteiger partial charge in [-0.3, -0.25) is 19.5 Å². The fourth-order valence-corrected chi connectivity index (χ4v) is 3.19. The lowest BCUT2D eigenvalue weighted by Crippen LogP contribution is -2.47. The van der Waals surface area contributed by atoms with Crippen LogP contribution in [-0.4, -0.2) is 35.4 Å². The van der Waals surface area contributed by atoms with Gasteiger partial charge in [0, 0.05) is 11.6 Å². The molecule has 1 aliphatic heterocycles. The summed E-state index contributed by atoms with van der Waals surface area (Å²) in [5, 5.41) is 3.52. The van der Waals surface area contributed by atoms with Gasteiger partial charge in [0.1, 0.15) is 6.54 Å². The van der Waals surface area contributed by atoms with Crippen LogP contribution in [0.3, 0.4) is 0 Å². The van der Waals surface area contributed by atoms with Crippen LogP contribution in [0.2, 0.25) is 0 Å². The summed E-state index contributed by atoms with van der Waals surface area (Å²) in [5.41, 5.74) is 1.91. The third-order valence-corrected chi connectivity index (χ3v) is 4.52. The maximum absolute atomic E-state index is 12.9. The maximum atomic E-state index is 12.9. The molecule has 4 rings (SSSR count). The number of fused-ring (bicyclic) bond motifs is 2. The molecule has 3 aromatic rings. The van der Waals surface area contributed by atoms with Gasteiger partial charge in [0.2, 0.25) is 5.91 Å². The number of pyridine rings is 1. The van der Waals surface area contributed by atoms with Crippen LogP contribution in [0.1, 0.15) is 17.3 Å². The highest BCUT2D eigenvalue weighted by molar-refractivity contribution is 6.11. The average Bonchev–Trinajstić information content (AvgIpc) is 2.72. The number of hydrogen-bond acceptors (Lipinski definition) is 5. The van der Waals surface area contributed by atoms with Gasteiger partial charge < -0.3 is 10.1 Å². The van der Waals surface area contributed by atoms with E-state index >= 15 is 0 Å². The highest BCUT2D eigenvalue weighted by atomic mass is 16.5. The van der Waals surface area contributed by atoms with Crippen LogP contribution < -0.4 is 10.2 Å². The van der Waals surface area contributed by atoms with Crippen molar-refractivity contribution in [3.05, 3.63) is 66.4 Å². The molecule has 2 aromatic carbocycles. The van der Waals surface area contributed by atoms with Crippen molar-refractivity contribution in [2.24, 2.45) is 0 Å². The van der Waals surface area contributed by atoms with E-state index < -0.39 is 18.0 Å². The normalized spacial score (nSPS) is 14.2. The van der Waals surface area contributed by atoms with Crippen molar-refractivity contribution in [2.75, 3.05) is 16.8 Å². The van der Waals surface area contributed by atoms with Gasteiger partial charge in [0.05, 0.1) is 22.5 Å². The van der Waals surface area contributed by atoms with E-state index in [2.05, 4.69) is 10.3 Å². The minimum absolute atomic E-state index is 0.131. The summed E-state index contributed by atoms with van der Waals surface area (Å²) in [6, 6.07) is 15.8. The Balaban J connectivity index is 1.57. The van der Waals surface area contributed by atoms with Gasteiger partial charge in [-0.2, -0.15) is 0 Å². The zero-order chi connectivity index (χ0) is 19.7. The molecule has 7 nitrogen and oxygen atoms in total. The van der Waals surface area contributed by atoms with Gasteiger partial charge in [0.15, 0.2) is 6.10 Å². The fourth-order valence-electron chi connectivity index (χ4n) is 3.19. The Labute approximate surface area is 160 Å². The highest BCUT2D eigenvalue weighted by Crippen LogP contribution is 2.29. The number of para-hydroxylation sites is 3. The molecule has 2 amide bonds. The second-order valence-electron chi connectivity index (χ2n) is 6.42.